The molecule has 1 aliphatic carbocycles. The number of carbonyl (C=O) groups is 1. The smallest absolute Gasteiger partial charge is 0.318 e. The lowest BCUT2D eigenvalue weighted by molar-refractivity contribution is 0.174. The Kier molecular flexibility index (Phi) is 6.66. The summed E-state index contributed by atoms with van der Waals surface area (Å²) in [6, 6.07) is 12.7. The van der Waals surface area contributed by atoms with Crippen LogP contribution in [0.15, 0.2) is 42.6 Å². The number of carbonyl (C=O) groups excluding carboxylic acids is 1. The first-order valence-corrected chi connectivity index (χ1v) is 13.0. The van der Waals surface area contributed by atoms with Gasteiger partial charge in [-0.05, 0) is 67.5 Å². The van der Waals surface area contributed by atoms with Crippen LogP contribution in [0.3, 0.4) is 0 Å². The molecule has 0 unspecified atom stereocenters. The molecule has 0 saturated carbocycles. The maximum absolute atomic E-state index is 13.7. The van der Waals surface area contributed by atoms with Crippen LogP contribution in [-0.2, 0) is 24.1 Å². The quantitative estimate of drug-likeness (QED) is 0.500. The monoisotopic (exact) mass is 478 g/mol. The van der Waals surface area contributed by atoms with Crippen LogP contribution in [0, 0.1) is 0 Å². The second kappa shape index (κ2) is 9.84. The van der Waals surface area contributed by atoms with Crippen LogP contribution in [0.25, 0.3) is 5.00 Å². The van der Waals surface area contributed by atoms with Crippen LogP contribution in [0.5, 0.6) is 0 Å². The van der Waals surface area contributed by atoms with E-state index < -0.39 is 0 Å². The van der Waals surface area contributed by atoms with Gasteiger partial charge in [-0.3, -0.25) is 0 Å². The Morgan fingerprint density at radius 2 is 1.94 bits per heavy atom. The van der Waals surface area contributed by atoms with E-state index in [1.165, 1.54) is 33.8 Å². The molecule has 0 spiro atoms. The summed E-state index contributed by atoms with van der Waals surface area (Å²) in [5.41, 5.74) is 6.23. The Labute approximate surface area is 206 Å². The lowest BCUT2D eigenvalue weighted by Gasteiger charge is -2.31. The number of ether oxygens (including phenoxy) is 1. The number of methoxy groups -OCH3 is 1. The fourth-order valence-electron chi connectivity index (χ4n) is 5.21. The summed E-state index contributed by atoms with van der Waals surface area (Å²) in [6.45, 7) is 1.87. The van der Waals surface area contributed by atoms with Crippen molar-refractivity contribution in [1.29, 1.82) is 0 Å². The molecular formula is C27H34N4O2S. The lowest BCUT2D eigenvalue weighted by Crippen LogP contribution is -2.42. The molecule has 5 rings (SSSR count). The Balaban J connectivity index is 1.58. The third kappa shape index (κ3) is 4.23. The van der Waals surface area contributed by atoms with Gasteiger partial charge in [0.15, 0.2) is 0 Å². The van der Waals surface area contributed by atoms with E-state index in [9.17, 15) is 4.79 Å². The molecule has 1 aliphatic heterocycles. The summed E-state index contributed by atoms with van der Waals surface area (Å²) in [6.07, 6.45) is 7.72. The molecule has 1 N–H and O–H groups in total. The average Bonchev–Trinajstić information content (AvgIpc) is 3.43. The van der Waals surface area contributed by atoms with Crippen molar-refractivity contribution >= 4 is 23.1 Å². The van der Waals surface area contributed by atoms with Crippen LogP contribution in [0.1, 0.15) is 52.6 Å². The maximum Gasteiger partial charge on any atom is 0.318 e. The predicted octanol–water partition coefficient (Wildman–Crippen LogP) is 5.13. The third-order valence-electron chi connectivity index (χ3n) is 6.97. The van der Waals surface area contributed by atoms with Crippen molar-refractivity contribution in [1.82, 2.24) is 14.8 Å². The molecule has 6 nitrogen and oxygen atoms in total. The van der Waals surface area contributed by atoms with Gasteiger partial charge < -0.3 is 24.4 Å². The number of aromatic nitrogens is 1. The predicted molar refractivity (Wildman–Crippen MR) is 138 cm³/mol. The van der Waals surface area contributed by atoms with Gasteiger partial charge in [0.1, 0.15) is 5.00 Å². The van der Waals surface area contributed by atoms with Crippen LogP contribution in [-0.4, -0.2) is 49.9 Å². The normalized spacial score (nSPS) is 16.9. The zero-order chi connectivity index (χ0) is 23.7. The standard InChI is InChI=1S/C27H34N4O2S/c1-29(2)20-13-11-19(12-14-20)25-23-9-6-16-30(23)26-22(21-8-4-5-10-24(21)34-26)18-31(25)27(32)28-15-7-17-33-3/h6,9,11-14,16,25H,4-5,7-8,10,15,17-18H2,1-3H3,(H,28,32)/t25-/m0/s1. The molecule has 3 aromatic rings. The summed E-state index contributed by atoms with van der Waals surface area (Å²) in [7, 11) is 5.79. The molecule has 0 fully saturated rings. The average molecular weight is 479 g/mol. The number of hydrogen-bond acceptors (Lipinski definition) is 4. The van der Waals surface area contributed by atoms with Gasteiger partial charge in [0.25, 0.3) is 0 Å². The zero-order valence-electron chi connectivity index (χ0n) is 20.3. The zero-order valence-corrected chi connectivity index (χ0v) is 21.2. The Morgan fingerprint density at radius 1 is 1.15 bits per heavy atom. The van der Waals surface area contributed by atoms with Crippen LogP contribution >= 0.6 is 11.3 Å². The highest BCUT2D eigenvalue weighted by atomic mass is 32.1. The Hall–Kier alpha value is -2.77. The second-order valence-electron chi connectivity index (χ2n) is 9.39. The van der Waals surface area contributed by atoms with E-state index in [1.807, 2.05) is 30.3 Å². The molecular weight excluding hydrogens is 444 g/mol. The molecule has 2 aliphatic rings. The minimum Gasteiger partial charge on any atom is -0.385 e. The van der Waals surface area contributed by atoms with Crippen molar-refractivity contribution in [3.8, 4) is 5.00 Å². The topological polar surface area (TPSA) is 49.7 Å². The molecule has 7 heteroatoms. The number of benzene rings is 1. The van der Waals surface area contributed by atoms with Crippen molar-refractivity contribution in [2.45, 2.75) is 44.7 Å². The van der Waals surface area contributed by atoms with Crippen LogP contribution in [0.2, 0.25) is 0 Å². The molecule has 34 heavy (non-hydrogen) atoms. The van der Waals surface area contributed by atoms with E-state index >= 15 is 0 Å². The highest BCUT2D eigenvalue weighted by Crippen LogP contribution is 2.44. The summed E-state index contributed by atoms with van der Waals surface area (Å²) in [5, 5.41) is 4.45. The molecule has 2 aromatic heterocycles. The molecule has 2 amide bonds. The highest BCUT2D eigenvalue weighted by molar-refractivity contribution is 7.15. The molecule has 0 radical (unpaired) electrons. The van der Waals surface area contributed by atoms with E-state index in [1.54, 1.807) is 7.11 Å². The number of thiophene rings is 1. The number of aryl methyl sites for hydroxylation is 1. The first-order valence-electron chi connectivity index (χ1n) is 12.2. The highest BCUT2D eigenvalue weighted by Gasteiger charge is 2.35. The van der Waals surface area contributed by atoms with Crippen molar-refractivity contribution in [3.63, 3.8) is 0 Å². The number of hydrogen-bond donors (Lipinski definition) is 1. The SMILES string of the molecule is COCCCNC(=O)N1Cc2c(sc3c2CCCC3)-n2cccc2[C@@H]1c1ccc(N(C)C)cc1. The summed E-state index contributed by atoms with van der Waals surface area (Å²) in [4.78, 5) is 19.3. The van der Waals surface area contributed by atoms with Crippen LogP contribution in [0.4, 0.5) is 10.5 Å². The number of anilines is 1. The molecule has 3 heterocycles. The van der Waals surface area contributed by atoms with E-state index in [2.05, 4.69) is 57.4 Å². The van der Waals surface area contributed by atoms with Gasteiger partial charge in [-0.25, -0.2) is 4.79 Å². The van der Waals surface area contributed by atoms with Gasteiger partial charge in [0.05, 0.1) is 18.3 Å². The van der Waals surface area contributed by atoms with Gasteiger partial charge in [-0.2, -0.15) is 0 Å². The van der Waals surface area contributed by atoms with Crippen LogP contribution < -0.4 is 10.2 Å². The molecule has 0 bridgehead atoms. The fraction of sp³-hybridized carbons (Fsp3) is 0.444. The number of fused-ring (bicyclic) bond motifs is 5. The summed E-state index contributed by atoms with van der Waals surface area (Å²) < 4.78 is 7.51. The van der Waals surface area contributed by atoms with E-state index in [0.29, 0.717) is 19.7 Å². The Bertz CT molecular complexity index is 1150. The first-order chi connectivity index (χ1) is 16.6. The number of nitrogens with one attached hydrogen (secondary N) is 1. The van der Waals surface area contributed by atoms with Gasteiger partial charge in [-0.15, -0.1) is 11.3 Å². The van der Waals surface area contributed by atoms with Gasteiger partial charge in [0.2, 0.25) is 0 Å². The minimum atomic E-state index is -0.160. The first kappa shape index (κ1) is 23.0. The van der Waals surface area contributed by atoms with Crippen molar-refractivity contribution in [3.05, 3.63) is 69.9 Å². The molecule has 1 atom stereocenters. The van der Waals surface area contributed by atoms with Gasteiger partial charge >= 0.3 is 6.03 Å². The number of urea groups is 1. The summed E-state index contributed by atoms with van der Waals surface area (Å²) in [5.74, 6) is 0. The maximum atomic E-state index is 13.7. The fourth-order valence-corrected chi connectivity index (χ4v) is 6.61. The van der Waals surface area contributed by atoms with E-state index in [4.69, 9.17) is 4.74 Å². The van der Waals surface area contributed by atoms with E-state index in [-0.39, 0.29) is 12.1 Å². The third-order valence-corrected chi connectivity index (χ3v) is 8.30. The largest absolute Gasteiger partial charge is 0.385 e. The Morgan fingerprint density at radius 3 is 2.71 bits per heavy atom. The van der Waals surface area contributed by atoms with Crippen molar-refractivity contribution in [2.75, 3.05) is 39.3 Å². The molecule has 180 valence electrons. The molecule has 1 aromatic carbocycles. The lowest BCUT2D eigenvalue weighted by atomic mass is 9.95. The van der Waals surface area contributed by atoms with Crippen molar-refractivity contribution in [2.24, 2.45) is 0 Å². The van der Waals surface area contributed by atoms with Gasteiger partial charge in [-0.1, -0.05) is 12.1 Å². The molecule has 0 saturated heterocycles. The van der Waals surface area contributed by atoms with E-state index in [0.717, 1.165) is 36.2 Å². The number of amides is 2. The van der Waals surface area contributed by atoms with Crippen molar-refractivity contribution < 1.29 is 9.53 Å². The number of rotatable bonds is 6. The van der Waals surface area contributed by atoms with Gasteiger partial charge in [0, 0.05) is 56.7 Å². The number of nitrogens with zero attached hydrogens (tertiary/aromatic N) is 3. The summed E-state index contributed by atoms with van der Waals surface area (Å²) >= 11 is 1.92. The second-order valence-corrected chi connectivity index (χ2v) is 10.5. The minimum absolute atomic E-state index is 0.0193.